The van der Waals surface area contributed by atoms with E-state index in [1.165, 1.54) is 24.3 Å². The summed E-state index contributed by atoms with van der Waals surface area (Å²) in [6.45, 7) is 0.647. The van der Waals surface area contributed by atoms with Gasteiger partial charge in [0, 0.05) is 37.8 Å². The zero-order chi connectivity index (χ0) is 23.7. The number of piperidine rings is 1. The number of aryl methyl sites for hydroxylation is 1. The van der Waals surface area contributed by atoms with E-state index in [-0.39, 0.29) is 23.6 Å². The molecular weight excluding hydrogens is 436 g/mol. The number of likely N-dealkylation sites (tertiary alicyclic amines) is 1. The van der Waals surface area contributed by atoms with Gasteiger partial charge in [0.1, 0.15) is 17.5 Å². The summed E-state index contributed by atoms with van der Waals surface area (Å²) in [5.74, 6) is 0.0446. The van der Waals surface area contributed by atoms with Gasteiger partial charge >= 0.3 is 0 Å². The lowest BCUT2D eigenvalue weighted by Crippen LogP contribution is -2.45. The van der Waals surface area contributed by atoms with Gasteiger partial charge in [0.15, 0.2) is 5.69 Å². The molecule has 5 rings (SSSR count). The topological polar surface area (TPSA) is 66.8 Å². The van der Waals surface area contributed by atoms with Crippen molar-refractivity contribution in [3.05, 3.63) is 84.1 Å². The van der Waals surface area contributed by atoms with Gasteiger partial charge in [-0.2, -0.15) is 5.10 Å². The maximum absolute atomic E-state index is 13.6. The maximum Gasteiger partial charge on any atom is 0.275 e. The van der Waals surface area contributed by atoms with E-state index in [2.05, 4.69) is 15.1 Å². The van der Waals surface area contributed by atoms with Crippen LogP contribution in [0.5, 0.6) is 0 Å². The van der Waals surface area contributed by atoms with Gasteiger partial charge in [0.25, 0.3) is 5.91 Å². The van der Waals surface area contributed by atoms with Gasteiger partial charge in [-0.3, -0.25) is 9.48 Å². The maximum atomic E-state index is 13.6. The van der Waals surface area contributed by atoms with Crippen LogP contribution in [-0.2, 0) is 13.5 Å². The molecule has 0 saturated carbocycles. The molecule has 2 aromatic heterocycles. The molecule has 1 unspecified atom stereocenters. The van der Waals surface area contributed by atoms with Crippen molar-refractivity contribution >= 4 is 5.91 Å². The Kier molecular flexibility index (Phi) is 5.96. The Bertz CT molecular complexity index is 1290. The number of aromatic nitrogens is 4. The highest BCUT2D eigenvalue weighted by Crippen LogP contribution is 2.28. The van der Waals surface area contributed by atoms with Gasteiger partial charge < -0.3 is 9.88 Å². The Morgan fingerprint density at radius 1 is 1.03 bits per heavy atom. The molecule has 34 heavy (non-hydrogen) atoms. The summed E-state index contributed by atoms with van der Waals surface area (Å²) in [7, 11) is 1.78. The molecule has 2 aromatic carbocycles. The average molecular weight is 462 g/mol. The van der Waals surface area contributed by atoms with E-state index in [9.17, 15) is 13.6 Å². The number of benzene rings is 2. The number of H-pyrrole nitrogens is 1. The fourth-order valence-corrected chi connectivity index (χ4v) is 4.57. The van der Waals surface area contributed by atoms with E-state index in [4.69, 9.17) is 0 Å². The zero-order valence-electron chi connectivity index (χ0n) is 18.8. The van der Waals surface area contributed by atoms with Crippen LogP contribution in [-0.4, -0.2) is 43.1 Å². The smallest absolute Gasteiger partial charge is 0.275 e. The number of hydrogen-bond acceptors (Lipinski definition) is 3. The van der Waals surface area contributed by atoms with Crippen molar-refractivity contribution in [2.24, 2.45) is 7.05 Å². The van der Waals surface area contributed by atoms with Crippen LogP contribution < -0.4 is 0 Å². The van der Waals surface area contributed by atoms with Gasteiger partial charge in [-0.1, -0.05) is 12.1 Å². The van der Waals surface area contributed by atoms with Crippen LogP contribution >= 0.6 is 0 Å². The average Bonchev–Trinajstić information content (AvgIpc) is 3.47. The van der Waals surface area contributed by atoms with Crippen LogP contribution in [0.15, 0.2) is 60.9 Å². The Balaban J connectivity index is 1.38. The molecule has 8 heteroatoms. The number of nitrogens with zero attached hydrogens (tertiary/aromatic N) is 4. The van der Waals surface area contributed by atoms with Crippen LogP contribution in [0.3, 0.4) is 0 Å². The van der Waals surface area contributed by atoms with E-state index in [1.54, 1.807) is 48.4 Å². The first kappa shape index (κ1) is 22.0. The van der Waals surface area contributed by atoms with E-state index in [0.29, 0.717) is 24.2 Å². The molecule has 0 aliphatic carbocycles. The Labute approximate surface area is 196 Å². The molecule has 1 saturated heterocycles. The SMILES string of the molecule is Cn1cc(-c2ccc(F)cc2)c(C(=O)N2CCCCC2Cc2ncc(-c3ccc(F)cc3)[nH]2)n1. The highest BCUT2D eigenvalue weighted by atomic mass is 19.1. The third kappa shape index (κ3) is 4.48. The van der Waals surface area contributed by atoms with Crippen LogP contribution in [0.2, 0.25) is 0 Å². The molecule has 1 aliphatic rings. The van der Waals surface area contributed by atoms with Gasteiger partial charge in [0.05, 0.1) is 11.9 Å². The van der Waals surface area contributed by atoms with Crippen molar-refractivity contribution < 1.29 is 13.6 Å². The van der Waals surface area contributed by atoms with Gasteiger partial charge in [-0.05, 0) is 66.8 Å². The minimum Gasteiger partial charge on any atom is -0.342 e. The van der Waals surface area contributed by atoms with Crippen LogP contribution in [0.1, 0.15) is 35.6 Å². The number of carbonyl (C=O) groups is 1. The second kappa shape index (κ2) is 9.21. The molecular formula is C26H25F2N5O. The van der Waals surface area contributed by atoms with Crippen LogP contribution in [0, 0.1) is 11.6 Å². The molecule has 1 amide bonds. The predicted molar refractivity (Wildman–Crippen MR) is 125 cm³/mol. The van der Waals surface area contributed by atoms with E-state index >= 15 is 0 Å². The van der Waals surface area contributed by atoms with E-state index in [1.807, 2.05) is 4.90 Å². The fourth-order valence-electron chi connectivity index (χ4n) is 4.57. The third-order valence-corrected chi connectivity index (χ3v) is 6.29. The minimum absolute atomic E-state index is 0.0171. The van der Waals surface area contributed by atoms with Crippen molar-refractivity contribution in [2.45, 2.75) is 31.7 Å². The molecule has 0 bridgehead atoms. The quantitative estimate of drug-likeness (QED) is 0.455. The number of carbonyl (C=O) groups excluding carboxylic acids is 1. The summed E-state index contributed by atoms with van der Waals surface area (Å²) in [5.41, 5.74) is 3.48. The van der Waals surface area contributed by atoms with Crippen LogP contribution in [0.4, 0.5) is 8.78 Å². The lowest BCUT2D eigenvalue weighted by atomic mass is 9.97. The number of imidazole rings is 1. The monoisotopic (exact) mass is 461 g/mol. The van der Waals surface area contributed by atoms with Crippen LogP contribution in [0.25, 0.3) is 22.4 Å². The van der Waals surface area contributed by atoms with E-state index in [0.717, 1.165) is 41.9 Å². The summed E-state index contributed by atoms with van der Waals surface area (Å²) in [5, 5.41) is 4.45. The summed E-state index contributed by atoms with van der Waals surface area (Å²) in [6, 6.07) is 12.3. The molecule has 174 valence electrons. The molecule has 0 spiro atoms. The number of hydrogen-bond donors (Lipinski definition) is 1. The van der Waals surface area contributed by atoms with Crippen molar-refractivity contribution in [1.29, 1.82) is 0 Å². The molecule has 0 radical (unpaired) electrons. The lowest BCUT2D eigenvalue weighted by molar-refractivity contribution is 0.0605. The summed E-state index contributed by atoms with van der Waals surface area (Å²) >= 11 is 0. The van der Waals surface area contributed by atoms with Gasteiger partial charge in [0.2, 0.25) is 0 Å². The first-order valence-corrected chi connectivity index (χ1v) is 11.4. The van der Waals surface area contributed by atoms with Crippen molar-refractivity contribution in [3.63, 3.8) is 0 Å². The molecule has 4 aromatic rings. The molecule has 1 N–H and O–H groups in total. The summed E-state index contributed by atoms with van der Waals surface area (Å²) in [6.07, 6.45) is 6.96. The molecule has 6 nitrogen and oxygen atoms in total. The second-order valence-electron chi connectivity index (χ2n) is 8.67. The van der Waals surface area contributed by atoms with E-state index < -0.39 is 0 Å². The minimum atomic E-state index is -0.324. The lowest BCUT2D eigenvalue weighted by Gasteiger charge is -2.35. The Hall–Kier alpha value is -3.81. The standard InChI is InChI=1S/C26H25F2N5O/c1-32-16-22(17-5-9-19(27)10-6-17)25(31-32)26(34)33-13-3-2-4-21(33)14-24-29-15-23(30-24)18-7-11-20(28)12-8-18/h5-12,15-16,21H,2-4,13-14H2,1H3,(H,29,30). The van der Waals surface area contributed by atoms with Gasteiger partial charge in [-0.15, -0.1) is 0 Å². The normalized spacial score (nSPS) is 16.1. The van der Waals surface area contributed by atoms with Crippen molar-refractivity contribution in [3.8, 4) is 22.4 Å². The second-order valence-corrected chi connectivity index (χ2v) is 8.67. The summed E-state index contributed by atoms with van der Waals surface area (Å²) < 4.78 is 28.3. The first-order chi connectivity index (χ1) is 16.5. The molecule has 1 aliphatic heterocycles. The predicted octanol–water partition coefficient (Wildman–Crippen LogP) is 4.99. The molecule has 1 atom stereocenters. The fraction of sp³-hybridized carbons (Fsp3) is 0.269. The zero-order valence-corrected chi connectivity index (χ0v) is 18.8. The van der Waals surface area contributed by atoms with Gasteiger partial charge in [-0.25, -0.2) is 13.8 Å². The van der Waals surface area contributed by atoms with Crippen molar-refractivity contribution in [2.75, 3.05) is 6.54 Å². The first-order valence-electron chi connectivity index (χ1n) is 11.4. The molecule has 1 fully saturated rings. The number of aromatic amines is 1. The van der Waals surface area contributed by atoms with Crippen molar-refractivity contribution in [1.82, 2.24) is 24.6 Å². The Morgan fingerprint density at radius 3 is 2.41 bits per heavy atom. The number of halogens is 2. The summed E-state index contributed by atoms with van der Waals surface area (Å²) in [4.78, 5) is 23.4. The Morgan fingerprint density at radius 2 is 1.71 bits per heavy atom. The highest BCUT2D eigenvalue weighted by Gasteiger charge is 2.31. The number of nitrogens with one attached hydrogen (secondary N) is 1. The third-order valence-electron chi connectivity index (χ3n) is 6.29. The number of amides is 1. The largest absolute Gasteiger partial charge is 0.342 e. The molecule has 3 heterocycles. The number of rotatable bonds is 5. The highest BCUT2D eigenvalue weighted by molar-refractivity contribution is 5.99.